The first kappa shape index (κ1) is 12.8. The molecule has 88 valence electrons. The van der Waals surface area contributed by atoms with Crippen LogP contribution in [0.1, 0.15) is 45.4 Å². The van der Waals surface area contributed by atoms with Crippen molar-refractivity contribution in [2.45, 2.75) is 65.1 Å². The van der Waals surface area contributed by atoms with Crippen LogP contribution in [0.3, 0.4) is 0 Å². The van der Waals surface area contributed by atoms with E-state index in [1.165, 1.54) is 44.3 Å². The van der Waals surface area contributed by atoms with Gasteiger partial charge in [-0.15, -0.1) is 0 Å². The van der Waals surface area contributed by atoms with Crippen LogP contribution >= 0.6 is 0 Å². The van der Waals surface area contributed by atoms with E-state index in [0.29, 0.717) is 0 Å². The van der Waals surface area contributed by atoms with E-state index < -0.39 is 8.32 Å². The van der Waals surface area contributed by atoms with Crippen LogP contribution in [0.5, 0.6) is 0 Å². The van der Waals surface area contributed by atoms with Gasteiger partial charge in [0, 0.05) is 6.42 Å². The smallest absolute Gasteiger partial charge is 0.241 e. The lowest BCUT2D eigenvalue weighted by Gasteiger charge is -2.27. The van der Waals surface area contributed by atoms with Gasteiger partial charge in [0.2, 0.25) is 8.32 Å². The second-order valence-corrected chi connectivity index (χ2v) is 10.1. The second-order valence-electron chi connectivity index (χ2n) is 5.64. The van der Waals surface area contributed by atoms with E-state index in [9.17, 15) is 0 Å². The summed E-state index contributed by atoms with van der Waals surface area (Å²) in [4.78, 5) is 0. The minimum absolute atomic E-state index is 0.796. The maximum atomic E-state index is 6.09. The molecule has 0 saturated heterocycles. The number of unbranched alkanes of at least 4 members (excludes halogenated alkanes) is 1. The number of hydrogen-bond acceptors (Lipinski definition) is 1. The Balaban J connectivity index is 2.46. The lowest BCUT2D eigenvalue weighted by molar-refractivity contribution is 0.350. The summed E-state index contributed by atoms with van der Waals surface area (Å²) in [6.45, 7) is 9.07. The summed E-state index contributed by atoms with van der Waals surface area (Å²) >= 11 is 0. The zero-order chi connectivity index (χ0) is 11.3. The topological polar surface area (TPSA) is 9.23 Å². The molecular weight excluding hydrogens is 200 g/mol. The van der Waals surface area contributed by atoms with Gasteiger partial charge < -0.3 is 4.43 Å². The van der Waals surface area contributed by atoms with Crippen LogP contribution in [0, 0.1) is 5.92 Å². The van der Waals surface area contributed by atoms with Gasteiger partial charge in [-0.2, -0.15) is 0 Å². The molecule has 0 aromatic heterocycles. The third kappa shape index (κ3) is 5.40. The van der Waals surface area contributed by atoms with Crippen LogP contribution in [0.4, 0.5) is 0 Å². The highest BCUT2D eigenvalue weighted by molar-refractivity contribution is 6.70. The summed E-state index contributed by atoms with van der Waals surface area (Å²) < 4.78 is 6.09. The molecule has 1 unspecified atom stereocenters. The van der Waals surface area contributed by atoms with Crippen LogP contribution in [0.15, 0.2) is 11.8 Å². The fourth-order valence-corrected chi connectivity index (χ4v) is 3.10. The maximum Gasteiger partial charge on any atom is 0.241 e. The Hall–Kier alpha value is -0.243. The normalized spacial score (nSPS) is 22.4. The van der Waals surface area contributed by atoms with E-state index >= 15 is 0 Å². The first-order chi connectivity index (χ1) is 7.01. The van der Waals surface area contributed by atoms with Gasteiger partial charge in [-0.25, -0.2) is 0 Å². The van der Waals surface area contributed by atoms with Gasteiger partial charge in [0.05, 0.1) is 5.76 Å². The Labute approximate surface area is 96.0 Å². The maximum absolute atomic E-state index is 6.09. The van der Waals surface area contributed by atoms with Crippen LogP contribution in [0.2, 0.25) is 19.6 Å². The molecule has 1 aliphatic carbocycles. The average molecular weight is 226 g/mol. The molecule has 0 bridgehead atoms. The van der Waals surface area contributed by atoms with Gasteiger partial charge in [-0.1, -0.05) is 19.8 Å². The quantitative estimate of drug-likeness (QED) is 0.617. The Morgan fingerprint density at radius 3 is 2.73 bits per heavy atom. The van der Waals surface area contributed by atoms with Gasteiger partial charge in [-0.05, 0) is 50.9 Å². The van der Waals surface area contributed by atoms with Crippen LogP contribution in [0.25, 0.3) is 0 Å². The van der Waals surface area contributed by atoms with Gasteiger partial charge in [0.1, 0.15) is 0 Å². The highest BCUT2D eigenvalue weighted by atomic mass is 28.4. The molecule has 1 aliphatic rings. The largest absolute Gasteiger partial charge is 0.548 e. The zero-order valence-corrected chi connectivity index (χ0v) is 11.8. The molecule has 1 atom stereocenters. The summed E-state index contributed by atoms with van der Waals surface area (Å²) in [6.07, 6.45) is 10.3. The molecule has 0 N–H and O–H groups in total. The first-order valence-electron chi connectivity index (χ1n) is 6.41. The molecule has 0 aromatic carbocycles. The molecule has 0 aromatic rings. The van der Waals surface area contributed by atoms with E-state index in [-0.39, 0.29) is 0 Å². The predicted molar refractivity (Wildman–Crippen MR) is 69.4 cm³/mol. The summed E-state index contributed by atoms with van der Waals surface area (Å²) in [5.41, 5.74) is 0. The van der Waals surface area contributed by atoms with Crippen molar-refractivity contribution in [1.82, 2.24) is 0 Å². The molecule has 0 spiro atoms. The van der Waals surface area contributed by atoms with Crippen molar-refractivity contribution in [2.24, 2.45) is 5.92 Å². The zero-order valence-electron chi connectivity index (χ0n) is 10.8. The van der Waals surface area contributed by atoms with Crippen molar-refractivity contribution in [1.29, 1.82) is 0 Å². The first-order valence-corrected chi connectivity index (χ1v) is 9.82. The summed E-state index contributed by atoms with van der Waals surface area (Å²) in [5, 5.41) is 0. The Morgan fingerprint density at radius 1 is 1.40 bits per heavy atom. The van der Waals surface area contributed by atoms with E-state index in [0.717, 1.165) is 5.92 Å². The molecule has 1 rings (SSSR count). The highest BCUT2D eigenvalue weighted by Gasteiger charge is 2.20. The number of hydrogen-bond donors (Lipinski definition) is 0. The standard InChI is InChI=1S/C13H26OSi/c1-5-6-8-12-9-7-10-13(11-12)14-15(2,3)4/h11-12H,5-10H2,1-4H3. The summed E-state index contributed by atoms with van der Waals surface area (Å²) in [5.74, 6) is 2.09. The predicted octanol–water partition coefficient (Wildman–Crippen LogP) is 4.71. The van der Waals surface area contributed by atoms with Crippen molar-refractivity contribution in [3.05, 3.63) is 11.8 Å². The Bertz CT molecular complexity index is 215. The average Bonchev–Trinajstić information content (AvgIpc) is 2.12. The third-order valence-electron chi connectivity index (χ3n) is 2.79. The molecule has 15 heavy (non-hydrogen) atoms. The molecule has 2 heteroatoms. The molecular formula is C13H26OSi. The fourth-order valence-electron chi connectivity index (χ4n) is 2.14. The number of rotatable bonds is 5. The lowest BCUT2D eigenvalue weighted by Crippen LogP contribution is -2.26. The summed E-state index contributed by atoms with van der Waals surface area (Å²) in [6, 6.07) is 0. The molecule has 0 radical (unpaired) electrons. The van der Waals surface area contributed by atoms with E-state index in [1.807, 2.05) is 0 Å². The van der Waals surface area contributed by atoms with Gasteiger partial charge in [-0.3, -0.25) is 0 Å². The van der Waals surface area contributed by atoms with Crippen molar-refractivity contribution in [3.8, 4) is 0 Å². The van der Waals surface area contributed by atoms with Crippen molar-refractivity contribution >= 4 is 8.32 Å². The molecule has 0 saturated carbocycles. The molecule has 0 aliphatic heterocycles. The minimum Gasteiger partial charge on any atom is -0.548 e. The van der Waals surface area contributed by atoms with Crippen LogP contribution in [-0.4, -0.2) is 8.32 Å². The Morgan fingerprint density at radius 2 is 2.13 bits per heavy atom. The molecule has 1 nitrogen and oxygen atoms in total. The second kappa shape index (κ2) is 5.74. The molecule has 0 amide bonds. The lowest BCUT2D eigenvalue weighted by atomic mass is 9.90. The van der Waals surface area contributed by atoms with E-state index in [2.05, 4.69) is 32.6 Å². The van der Waals surface area contributed by atoms with Crippen molar-refractivity contribution in [2.75, 3.05) is 0 Å². The van der Waals surface area contributed by atoms with Gasteiger partial charge in [0.15, 0.2) is 0 Å². The summed E-state index contributed by atoms with van der Waals surface area (Å²) in [7, 11) is -1.37. The van der Waals surface area contributed by atoms with Crippen molar-refractivity contribution < 1.29 is 4.43 Å². The van der Waals surface area contributed by atoms with Crippen molar-refractivity contribution in [3.63, 3.8) is 0 Å². The van der Waals surface area contributed by atoms with Gasteiger partial charge >= 0.3 is 0 Å². The number of allylic oxidation sites excluding steroid dienone is 2. The van der Waals surface area contributed by atoms with Crippen LogP contribution < -0.4 is 0 Å². The fraction of sp³-hybridized carbons (Fsp3) is 0.846. The van der Waals surface area contributed by atoms with E-state index in [1.54, 1.807) is 0 Å². The van der Waals surface area contributed by atoms with E-state index in [4.69, 9.17) is 4.43 Å². The minimum atomic E-state index is -1.37. The monoisotopic (exact) mass is 226 g/mol. The van der Waals surface area contributed by atoms with Gasteiger partial charge in [0.25, 0.3) is 0 Å². The molecule has 0 fully saturated rings. The SMILES string of the molecule is CCCCC1C=C(O[Si](C)(C)C)CCC1. The molecule has 0 heterocycles. The highest BCUT2D eigenvalue weighted by Crippen LogP contribution is 2.28. The Kier molecular flexibility index (Phi) is 4.90. The van der Waals surface area contributed by atoms with Crippen LogP contribution in [-0.2, 0) is 4.43 Å². The third-order valence-corrected chi connectivity index (χ3v) is 3.66.